The summed E-state index contributed by atoms with van der Waals surface area (Å²) >= 11 is 0. The molecule has 0 radical (unpaired) electrons. The Morgan fingerprint density at radius 3 is 2.47 bits per heavy atom. The first-order valence-corrected chi connectivity index (χ1v) is 5.48. The number of allylic oxidation sites excluding steroid dienone is 1. The quantitative estimate of drug-likeness (QED) is 0.713. The number of amidine groups is 1. The van der Waals surface area contributed by atoms with Gasteiger partial charge < -0.3 is 0 Å². The van der Waals surface area contributed by atoms with Gasteiger partial charge in [0.1, 0.15) is 11.5 Å². The Balaban J connectivity index is 2.21. The van der Waals surface area contributed by atoms with E-state index in [1.807, 2.05) is 49.4 Å². The van der Waals surface area contributed by atoms with Gasteiger partial charge in [-0.2, -0.15) is 0 Å². The van der Waals surface area contributed by atoms with Crippen LogP contribution in [0.25, 0.3) is 6.08 Å². The van der Waals surface area contributed by atoms with Crippen LogP contribution in [0.5, 0.6) is 0 Å². The Hall–Kier alpha value is -2.16. The Morgan fingerprint density at radius 2 is 1.88 bits per heavy atom. The van der Waals surface area contributed by atoms with Crippen molar-refractivity contribution >= 4 is 17.8 Å². The van der Waals surface area contributed by atoms with Crippen LogP contribution in [0.4, 0.5) is 0 Å². The number of carbonyl (C=O) groups is 1. The van der Waals surface area contributed by atoms with Crippen LogP contribution in [-0.2, 0) is 4.79 Å². The number of benzene rings is 1. The summed E-state index contributed by atoms with van der Waals surface area (Å²) in [5.74, 6) is 0.618. The number of carbonyl (C=O) groups excluding carboxylic acids is 1. The third-order valence-corrected chi connectivity index (χ3v) is 2.60. The fourth-order valence-corrected chi connectivity index (χ4v) is 1.59. The standard InChI is InChI=1S/C14H14N2O/c1-3-12-14(17)16(2)13(15-12)10-9-11-7-5-4-6-8-11/h3-10H,1-2H3/b10-9+,12-3-. The van der Waals surface area contributed by atoms with Crippen molar-refractivity contribution in [2.45, 2.75) is 6.92 Å². The SMILES string of the molecule is C/C=C1N=C(/C=C/c2ccccc2)N(C)C\1=O. The number of aliphatic imine (C=N–C) groups is 1. The van der Waals surface area contributed by atoms with E-state index in [1.165, 1.54) is 0 Å². The molecule has 0 spiro atoms. The van der Waals surface area contributed by atoms with E-state index in [0.717, 1.165) is 5.56 Å². The van der Waals surface area contributed by atoms with E-state index < -0.39 is 0 Å². The molecule has 0 saturated carbocycles. The van der Waals surface area contributed by atoms with Crippen LogP contribution >= 0.6 is 0 Å². The van der Waals surface area contributed by atoms with Gasteiger partial charge in [0, 0.05) is 7.05 Å². The van der Waals surface area contributed by atoms with Crippen LogP contribution in [-0.4, -0.2) is 23.7 Å². The molecule has 0 saturated heterocycles. The molecule has 0 fully saturated rings. The fraction of sp³-hybridized carbons (Fsp3) is 0.143. The maximum absolute atomic E-state index is 11.7. The molecule has 0 atom stereocenters. The van der Waals surface area contributed by atoms with E-state index in [1.54, 1.807) is 18.0 Å². The summed E-state index contributed by atoms with van der Waals surface area (Å²) in [6, 6.07) is 9.93. The van der Waals surface area contributed by atoms with E-state index in [2.05, 4.69) is 4.99 Å². The van der Waals surface area contributed by atoms with Gasteiger partial charge in [-0.25, -0.2) is 4.99 Å². The third kappa shape index (κ3) is 2.33. The van der Waals surface area contributed by atoms with E-state index in [-0.39, 0.29) is 5.91 Å². The molecule has 1 aliphatic heterocycles. The highest BCUT2D eigenvalue weighted by Gasteiger charge is 2.23. The number of hydrogen-bond acceptors (Lipinski definition) is 2. The Kier molecular flexibility index (Phi) is 3.19. The molecule has 0 bridgehead atoms. The summed E-state index contributed by atoms with van der Waals surface area (Å²) < 4.78 is 0. The minimum atomic E-state index is -0.0554. The minimum absolute atomic E-state index is 0.0554. The zero-order chi connectivity index (χ0) is 12.3. The smallest absolute Gasteiger partial charge is 0.277 e. The molecule has 0 unspecified atom stereocenters. The van der Waals surface area contributed by atoms with Crippen molar-refractivity contribution in [3.63, 3.8) is 0 Å². The van der Waals surface area contributed by atoms with Crippen molar-refractivity contribution in [3.8, 4) is 0 Å². The van der Waals surface area contributed by atoms with Gasteiger partial charge in [0.05, 0.1) is 0 Å². The highest BCUT2D eigenvalue weighted by Crippen LogP contribution is 2.14. The summed E-state index contributed by atoms with van der Waals surface area (Å²) in [5, 5.41) is 0. The van der Waals surface area contributed by atoms with Gasteiger partial charge in [0.2, 0.25) is 0 Å². The first kappa shape index (κ1) is 11.3. The number of nitrogens with zero attached hydrogens (tertiary/aromatic N) is 2. The molecular formula is C14H14N2O. The second-order valence-electron chi connectivity index (χ2n) is 3.75. The summed E-state index contributed by atoms with van der Waals surface area (Å²) in [4.78, 5) is 17.5. The molecule has 3 heteroatoms. The highest BCUT2D eigenvalue weighted by atomic mass is 16.2. The zero-order valence-corrected chi connectivity index (χ0v) is 9.92. The fourth-order valence-electron chi connectivity index (χ4n) is 1.59. The van der Waals surface area contributed by atoms with E-state index in [0.29, 0.717) is 11.5 Å². The summed E-state index contributed by atoms with van der Waals surface area (Å²) in [5.41, 5.74) is 1.59. The average Bonchev–Trinajstić information content (AvgIpc) is 2.65. The molecule has 17 heavy (non-hydrogen) atoms. The van der Waals surface area contributed by atoms with Crippen LogP contribution in [0, 0.1) is 0 Å². The van der Waals surface area contributed by atoms with Crippen molar-refractivity contribution in [1.29, 1.82) is 0 Å². The topological polar surface area (TPSA) is 32.7 Å². The van der Waals surface area contributed by atoms with Gasteiger partial charge in [-0.1, -0.05) is 42.5 Å². The van der Waals surface area contributed by atoms with E-state index in [9.17, 15) is 4.79 Å². The van der Waals surface area contributed by atoms with Crippen LogP contribution in [0.3, 0.4) is 0 Å². The molecule has 1 aromatic rings. The molecule has 1 amide bonds. The summed E-state index contributed by atoms with van der Waals surface area (Å²) in [6.45, 7) is 1.81. The molecule has 0 N–H and O–H groups in total. The number of rotatable bonds is 2. The molecular weight excluding hydrogens is 212 g/mol. The van der Waals surface area contributed by atoms with E-state index in [4.69, 9.17) is 0 Å². The first-order valence-electron chi connectivity index (χ1n) is 5.48. The van der Waals surface area contributed by atoms with Crippen molar-refractivity contribution in [2.75, 3.05) is 7.05 Å². The predicted molar refractivity (Wildman–Crippen MR) is 69.4 cm³/mol. The zero-order valence-electron chi connectivity index (χ0n) is 9.92. The predicted octanol–water partition coefficient (Wildman–Crippen LogP) is 2.47. The van der Waals surface area contributed by atoms with Gasteiger partial charge >= 0.3 is 0 Å². The van der Waals surface area contributed by atoms with Gasteiger partial charge in [0.25, 0.3) is 5.91 Å². The van der Waals surface area contributed by atoms with Gasteiger partial charge in [-0.15, -0.1) is 0 Å². The number of amides is 1. The molecule has 3 nitrogen and oxygen atoms in total. The van der Waals surface area contributed by atoms with Crippen LogP contribution < -0.4 is 0 Å². The largest absolute Gasteiger partial charge is 0.294 e. The molecule has 1 heterocycles. The third-order valence-electron chi connectivity index (χ3n) is 2.60. The molecule has 86 valence electrons. The van der Waals surface area contributed by atoms with Crippen LogP contribution in [0.15, 0.2) is 53.2 Å². The Labute approximate surface area is 101 Å². The van der Waals surface area contributed by atoms with Crippen molar-refractivity contribution in [3.05, 3.63) is 53.7 Å². The molecule has 1 aliphatic rings. The monoisotopic (exact) mass is 226 g/mol. The van der Waals surface area contributed by atoms with Crippen LogP contribution in [0.2, 0.25) is 0 Å². The van der Waals surface area contributed by atoms with Gasteiger partial charge in [0.15, 0.2) is 0 Å². The molecule has 1 aromatic carbocycles. The van der Waals surface area contributed by atoms with Crippen LogP contribution in [0.1, 0.15) is 12.5 Å². The average molecular weight is 226 g/mol. The second-order valence-corrected chi connectivity index (χ2v) is 3.75. The highest BCUT2D eigenvalue weighted by molar-refractivity contribution is 6.16. The van der Waals surface area contributed by atoms with Crippen molar-refractivity contribution in [1.82, 2.24) is 4.90 Å². The second kappa shape index (κ2) is 4.78. The molecule has 2 rings (SSSR count). The maximum Gasteiger partial charge on any atom is 0.277 e. The number of hydrogen-bond donors (Lipinski definition) is 0. The van der Waals surface area contributed by atoms with E-state index >= 15 is 0 Å². The first-order chi connectivity index (χ1) is 8.22. The molecule has 0 aliphatic carbocycles. The van der Waals surface area contributed by atoms with Gasteiger partial charge in [-0.05, 0) is 18.6 Å². The summed E-state index contributed by atoms with van der Waals surface area (Å²) in [6.07, 6.45) is 5.52. The lowest BCUT2D eigenvalue weighted by molar-refractivity contribution is -0.121. The molecule has 0 aromatic heterocycles. The lowest BCUT2D eigenvalue weighted by atomic mass is 10.2. The minimum Gasteiger partial charge on any atom is -0.294 e. The lowest BCUT2D eigenvalue weighted by Gasteiger charge is -2.07. The Bertz CT molecular complexity index is 512. The van der Waals surface area contributed by atoms with Crippen molar-refractivity contribution in [2.24, 2.45) is 4.99 Å². The summed E-state index contributed by atoms with van der Waals surface area (Å²) in [7, 11) is 1.73. The lowest BCUT2D eigenvalue weighted by Crippen LogP contribution is -2.26. The van der Waals surface area contributed by atoms with Gasteiger partial charge in [-0.3, -0.25) is 9.69 Å². The number of likely N-dealkylation sites (N-methyl/N-ethyl adjacent to an activating group) is 1. The normalized spacial score (nSPS) is 18.2. The van der Waals surface area contributed by atoms with Crippen molar-refractivity contribution < 1.29 is 4.79 Å². The maximum atomic E-state index is 11.7. The Morgan fingerprint density at radius 1 is 1.18 bits per heavy atom.